The van der Waals surface area contributed by atoms with Gasteiger partial charge >= 0.3 is 0 Å². The average molecular weight is 1650 g/mol. The van der Waals surface area contributed by atoms with E-state index in [1.54, 1.807) is 18.6 Å². The number of imidazole rings is 3. The molecular weight excluding hydrogens is 1530 g/mol. The first-order valence-corrected chi connectivity index (χ1v) is 40.4. The summed E-state index contributed by atoms with van der Waals surface area (Å²) in [6.07, 6.45) is 66.6. The minimum Gasteiger partial charge on any atom is -1.00 e. The largest absolute Gasteiger partial charge is 1.00 e. The molecule has 6 aromatic heterocycles. The van der Waals surface area contributed by atoms with E-state index in [0.717, 1.165) is 89.9 Å². The van der Waals surface area contributed by atoms with Gasteiger partial charge in [0.15, 0.2) is 17.3 Å². The maximum absolute atomic E-state index is 5.99. The van der Waals surface area contributed by atoms with E-state index in [1.807, 2.05) is 91.0 Å². The standard InChI is InChI=1S/C33H44N3O.C31H40N3O.C29H36N3O.3BrH/c1-2-3-4-5-6-7-8-9-10-11-12-16-23-35-24-25-36(28-35)27-29-19-21-31(22-20-29)33-34-26-32(37-33)30-17-14-13-15-18-30;1-2-3-4-5-6-7-8-9-10-14-21-33-22-23-34(26-33)25-27-17-19-29(20-18-27)31-32-24-30(35-31)28-15-12-11-13-16-28;1-2-3-4-5-6-7-8-12-19-31-20-21-32(24-31)23-25-15-17-27(18-16-25)29-30-22-28(33-29)26-13-10-9-11-14-26;;;/h13-15,17-22,24-26,28H,2-12,16,23,27H2,1H3;11-13,15-20,22-24,26H,2-10,14,21,25H2,1H3;9-11,13-18,20-22,24H,2-8,12,19,23H2,1H3;3*1H/q3*+1;;;/p-3. The van der Waals surface area contributed by atoms with Crippen molar-refractivity contribution in [3.8, 4) is 68.3 Å². The number of halogens is 3. The molecule has 576 valence electrons. The van der Waals surface area contributed by atoms with E-state index >= 15 is 0 Å². The first-order chi connectivity index (χ1) is 51.9. The Labute approximate surface area is 677 Å². The summed E-state index contributed by atoms with van der Waals surface area (Å²) in [5.41, 5.74) is 9.93. The van der Waals surface area contributed by atoms with Crippen molar-refractivity contribution in [3.05, 3.63) is 255 Å². The molecule has 12 rings (SSSR count). The predicted molar refractivity (Wildman–Crippen MR) is 429 cm³/mol. The molecule has 0 aliphatic rings. The Hall–Kier alpha value is -7.98. The molecule has 15 heteroatoms. The van der Waals surface area contributed by atoms with Gasteiger partial charge in [0.25, 0.3) is 0 Å². The molecule has 0 unspecified atom stereocenters. The first-order valence-electron chi connectivity index (χ1n) is 40.4. The van der Waals surface area contributed by atoms with Gasteiger partial charge in [0, 0.05) is 33.4 Å². The van der Waals surface area contributed by atoms with Crippen molar-refractivity contribution in [2.75, 3.05) is 0 Å². The van der Waals surface area contributed by atoms with Gasteiger partial charge in [-0.05, 0) is 91.6 Å². The summed E-state index contributed by atoms with van der Waals surface area (Å²) < 4.78 is 31.7. The molecule has 0 atom stereocenters. The molecule has 6 aromatic carbocycles. The number of rotatable bonds is 45. The third kappa shape index (κ3) is 31.2. The van der Waals surface area contributed by atoms with Crippen LogP contribution in [-0.2, 0) is 39.3 Å². The fraction of sp³-hybridized carbons (Fsp3) is 0.419. The zero-order valence-corrected chi connectivity index (χ0v) is 69.6. The van der Waals surface area contributed by atoms with Crippen LogP contribution in [0.5, 0.6) is 0 Å². The zero-order valence-electron chi connectivity index (χ0n) is 64.9. The van der Waals surface area contributed by atoms with Crippen molar-refractivity contribution in [2.45, 2.75) is 253 Å². The lowest BCUT2D eigenvalue weighted by molar-refractivity contribution is -0.688. The van der Waals surface area contributed by atoms with E-state index in [0.29, 0.717) is 17.7 Å². The second kappa shape index (κ2) is 51.4. The Morgan fingerprint density at radius 1 is 0.259 bits per heavy atom. The molecule has 0 aliphatic heterocycles. The van der Waals surface area contributed by atoms with E-state index in [-0.39, 0.29) is 50.9 Å². The maximum Gasteiger partial charge on any atom is 0.244 e. The van der Waals surface area contributed by atoms with E-state index < -0.39 is 0 Å². The summed E-state index contributed by atoms with van der Waals surface area (Å²) in [6, 6.07) is 55.8. The van der Waals surface area contributed by atoms with Gasteiger partial charge < -0.3 is 64.2 Å². The fourth-order valence-electron chi connectivity index (χ4n) is 13.7. The molecule has 0 fully saturated rings. The highest BCUT2D eigenvalue weighted by Crippen LogP contribution is 2.30. The molecule has 0 aliphatic carbocycles. The number of nitrogens with zero attached hydrogens (tertiary/aromatic N) is 9. The second-order valence-corrected chi connectivity index (χ2v) is 28.8. The number of hydrogen-bond acceptors (Lipinski definition) is 6. The van der Waals surface area contributed by atoms with Crippen LogP contribution >= 0.6 is 0 Å². The summed E-state index contributed by atoms with van der Waals surface area (Å²) >= 11 is 0. The van der Waals surface area contributed by atoms with Crippen molar-refractivity contribution >= 4 is 0 Å². The Morgan fingerprint density at radius 3 is 0.713 bits per heavy atom. The molecule has 108 heavy (non-hydrogen) atoms. The molecule has 0 amide bonds. The van der Waals surface area contributed by atoms with Gasteiger partial charge in [-0.2, -0.15) is 0 Å². The third-order valence-electron chi connectivity index (χ3n) is 19.9. The number of oxazole rings is 3. The molecule has 0 bridgehead atoms. The topological polar surface area (TPSA) is 105 Å². The van der Waals surface area contributed by atoms with Crippen LogP contribution in [0.15, 0.2) is 252 Å². The molecule has 12 nitrogen and oxygen atoms in total. The lowest BCUT2D eigenvalue weighted by atomic mass is 10.1. The smallest absolute Gasteiger partial charge is 0.244 e. The lowest BCUT2D eigenvalue weighted by Crippen LogP contribution is -3.00. The lowest BCUT2D eigenvalue weighted by Gasteiger charge is -2.02. The van der Waals surface area contributed by atoms with Crippen LogP contribution in [0.3, 0.4) is 0 Å². The number of benzene rings is 6. The van der Waals surface area contributed by atoms with Gasteiger partial charge in [-0.3, -0.25) is 0 Å². The van der Waals surface area contributed by atoms with Crippen LogP contribution in [0.25, 0.3) is 68.3 Å². The van der Waals surface area contributed by atoms with Crippen LogP contribution in [0.1, 0.15) is 230 Å². The molecule has 0 N–H and O–H groups in total. The molecule has 0 saturated carbocycles. The Kier molecular flexibility index (Phi) is 41.5. The van der Waals surface area contributed by atoms with Crippen LogP contribution in [0.2, 0.25) is 0 Å². The van der Waals surface area contributed by atoms with Gasteiger partial charge in [0.05, 0.1) is 38.2 Å². The van der Waals surface area contributed by atoms with Crippen LogP contribution < -0.4 is 64.6 Å². The van der Waals surface area contributed by atoms with Gasteiger partial charge in [0.2, 0.25) is 36.7 Å². The van der Waals surface area contributed by atoms with E-state index in [9.17, 15) is 0 Å². The summed E-state index contributed by atoms with van der Waals surface area (Å²) in [7, 11) is 0. The molecule has 0 radical (unpaired) electrons. The average Bonchev–Trinajstić information content (AvgIpc) is 1.74. The summed E-state index contributed by atoms with van der Waals surface area (Å²) in [5, 5.41) is 0. The summed E-state index contributed by atoms with van der Waals surface area (Å²) in [4.78, 5) is 13.4. The second-order valence-electron chi connectivity index (χ2n) is 28.8. The molecule has 0 spiro atoms. The highest BCUT2D eigenvalue weighted by molar-refractivity contribution is 5.63. The van der Waals surface area contributed by atoms with Gasteiger partial charge in [-0.25, -0.2) is 42.4 Å². The van der Waals surface area contributed by atoms with Crippen LogP contribution in [0, 0.1) is 0 Å². The van der Waals surface area contributed by atoms with Crippen molar-refractivity contribution < 1.29 is 77.9 Å². The maximum atomic E-state index is 5.99. The number of unbranched alkanes of at least 4 members (excludes halogenated alkanes) is 27. The fourth-order valence-corrected chi connectivity index (χ4v) is 13.7. The van der Waals surface area contributed by atoms with Crippen LogP contribution in [0.4, 0.5) is 0 Å². The van der Waals surface area contributed by atoms with E-state index in [4.69, 9.17) is 13.3 Å². The first kappa shape index (κ1) is 87.2. The van der Waals surface area contributed by atoms with Gasteiger partial charge in [0.1, 0.15) is 56.8 Å². The normalized spacial score (nSPS) is 10.9. The molecular formula is C93H120Br3N9O3. The molecule has 12 aromatic rings. The summed E-state index contributed by atoms with van der Waals surface area (Å²) in [5.74, 6) is 4.36. The van der Waals surface area contributed by atoms with Gasteiger partial charge in [-0.1, -0.05) is 302 Å². The SMILES string of the molecule is CCCCCCCCCCCCCCn1cc[n+](Cc2ccc(-c3ncc(-c4ccccc4)o3)cc2)c1.CCCCCCCCCCCCn1cc[n+](Cc2ccc(-c3ncc(-c4ccccc4)o3)cc2)c1.CCCCCCCCCCn1cc[n+](Cc2ccc(-c3ncc(-c4ccccc4)o3)cc2)c1.[Br-].[Br-].[Br-]. The number of aromatic nitrogens is 9. The van der Waals surface area contributed by atoms with Crippen LogP contribution in [-0.4, -0.2) is 28.7 Å². The van der Waals surface area contributed by atoms with E-state index in [1.165, 1.54) is 209 Å². The molecule has 6 heterocycles. The quantitative estimate of drug-likeness (QED) is 0.0278. The zero-order chi connectivity index (χ0) is 72.4. The monoisotopic (exact) mass is 1650 g/mol. The Bertz CT molecular complexity index is 4220. The Balaban J connectivity index is 0.000000223. The van der Waals surface area contributed by atoms with Crippen molar-refractivity contribution in [2.24, 2.45) is 0 Å². The third-order valence-corrected chi connectivity index (χ3v) is 19.9. The predicted octanol–water partition coefficient (Wildman–Crippen LogP) is 15.2. The van der Waals surface area contributed by atoms with Crippen molar-refractivity contribution in [3.63, 3.8) is 0 Å². The van der Waals surface area contributed by atoms with Gasteiger partial charge in [-0.15, -0.1) is 0 Å². The van der Waals surface area contributed by atoms with Crippen molar-refractivity contribution in [1.82, 2.24) is 28.7 Å². The minimum atomic E-state index is 0. The highest BCUT2D eigenvalue weighted by atomic mass is 79.9. The number of hydrogen-bond donors (Lipinski definition) is 0. The van der Waals surface area contributed by atoms with Crippen molar-refractivity contribution in [1.29, 1.82) is 0 Å². The summed E-state index contributed by atoms with van der Waals surface area (Å²) in [6.45, 7) is 12.8. The highest BCUT2D eigenvalue weighted by Gasteiger charge is 2.15. The Morgan fingerprint density at radius 2 is 0.481 bits per heavy atom. The van der Waals surface area contributed by atoms with E-state index in [2.05, 4.69) is 192 Å². The molecule has 0 saturated heterocycles. The minimum absolute atomic E-state index is 0. The number of aryl methyl sites for hydroxylation is 3.